The fourth-order valence-corrected chi connectivity index (χ4v) is 9.82. The Kier molecular flexibility index (Phi) is 11.1. The average molecular weight is 756 g/mol. The summed E-state index contributed by atoms with van der Waals surface area (Å²) in [6, 6.07) is 35.7. The molecule has 0 aliphatic carbocycles. The van der Waals surface area contributed by atoms with Crippen molar-refractivity contribution in [3.05, 3.63) is 115 Å². The van der Waals surface area contributed by atoms with E-state index in [0.29, 0.717) is 0 Å². The smallest absolute Gasteiger partial charge is 0.0175 e. The predicted molar refractivity (Wildman–Crippen MR) is 173 cm³/mol. The van der Waals surface area contributed by atoms with Crippen LogP contribution in [0.1, 0.15) is 19.3 Å². The van der Waals surface area contributed by atoms with E-state index in [0.717, 1.165) is 17.9 Å². The Hall–Kier alpha value is -0.340. The Bertz CT molecular complexity index is 1000. The van der Waals surface area contributed by atoms with Gasteiger partial charge in [-0.1, -0.05) is 119 Å². The zero-order valence-electron chi connectivity index (χ0n) is 19.2. The molecule has 0 N–H and O–H groups in total. The van der Waals surface area contributed by atoms with Gasteiger partial charge in [-0.25, -0.2) is 0 Å². The van der Waals surface area contributed by atoms with Gasteiger partial charge in [-0.15, -0.1) is 0 Å². The van der Waals surface area contributed by atoms with Gasteiger partial charge in [0.25, 0.3) is 0 Å². The molecule has 0 atom stereocenters. The summed E-state index contributed by atoms with van der Waals surface area (Å²) in [4.78, 5) is 0. The maximum absolute atomic E-state index is 3.59. The van der Waals surface area contributed by atoms with E-state index in [-0.39, 0.29) is 15.8 Å². The molecular weight excluding hydrogens is 730 g/mol. The van der Waals surface area contributed by atoms with Crippen LogP contribution in [0, 0.1) is 0 Å². The number of unbranched alkanes of at least 4 members (excludes halogenated alkanes) is 2. The van der Waals surface area contributed by atoms with Gasteiger partial charge < -0.3 is 0 Å². The van der Waals surface area contributed by atoms with Crippen molar-refractivity contribution in [2.45, 2.75) is 19.3 Å². The van der Waals surface area contributed by atoms with E-state index in [9.17, 15) is 0 Å². The van der Waals surface area contributed by atoms with Crippen LogP contribution in [0.4, 0.5) is 0 Å². The maximum Gasteiger partial charge on any atom is 0.0175 e. The minimum atomic E-state index is -0.349. The van der Waals surface area contributed by atoms with Gasteiger partial charge in [0.2, 0.25) is 0 Å². The highest BCUT2D eigenvalue weighted by molar-refractivity contribution is 9.11. The second-order valence-corrected chi connectivity index (χ2v) is 16.6. The van der Waals surface area contributed by atoms with Crippen LogP contribution in [0.5, 0.6) is 0 Å². The molecule has 0 saturated carbocycles. The fourth-order valence-electron chi connectivity index (χ4n) is 4.02. The summed E-state index contributed by atoms with van der Waals surface area (Å²) in [7, 11) is -0.699. The molecule has 4 aromatic rings. The molecule has 0 aliphatic heterocycles. The lowest BCUT2D eigenvalue weighted by molar-refractivity contribution is 0.782. The van der Waals surface area contributed by atoms with Crippen molar-refractivity contribution in [3.8, 4) is 0 Å². The summed E-state index contributed by atoms with van der Waals surface area (Å²) in [5.74, 6) is 0. The molecule has 0 nitrogen and oxygen atoms in total. The highest BCUT2D eigenvalue weighted by Gasteiger charge is 2.16. The van der Waals surface area contributed by atoms with E-state index in [1.807, 2.05) is 0 Å². The standard InChI is InChI=1S/C29H26Br4P2/c30-22-4-12-26(13-5-22)34(27-14-6-23(31)7-15-27)20-2-1-3-21-35(28-16-8-24(32)9-17-28)29-18-10-25(33)11-19-29/h4-19H,1-3,20-21H2. The summed E-state index contributed by atoms with van der Waals surface area (Å²) in [5.41, 5.74) is 0. The second kappa shape index (κ2) is 14.0. The Balaban J connectivity index is 1.41. The Morgan fingerprint density at radius 2 is 0.571 bits per heavy atom. The van der Waals surface area contributed by atoms with Crippen molar-refractivity contribution < 1.29 is 0 Å². The molecule has 35 heavy (non-hydrogen) atoms. The van der Waals surface area contributed by atoms with Gasteiger partial charge in [-0.2, -0.15) is 0 Å². The van der Waals surface area contributed by atoms with E-state index in [4.69, 9.17) is 0 Å². The van der Waals surface area contributed by atoms with Gasteiger partial charge in [-0.3, -0.25) is 0 Å². The van der Waals surface area contributed by atoms with Gasteiger partial charge in [0.05, 0.1) is 0 Å². The highest BCUT2D eigenvalue weighted by Crippen LogP contribution is 2.38. The third kappa shape index (κ3) is 8.33. The van der Waals surface area contributed by atoms with Crippen LogP contribution in [0.3, 0.4) is 0 Å². The lowest BCUT2D eigenvalue weighted by Crippen LogP contribution is -2.15. The quantitative estimate of drug-likeness (QED) is 0.112. The molecular formula is C29H26Br4P2. The van der Waals surface area contributed by atoms with E-state index < -0.39 is 0 Å². The zero-order chi connectivity index (χ0) is 24.6. The van der Waals surface area contributed by atoms with Crippen LogP contribution in [-0.2, 0) is 0 Å². The molecule has 0 radical (unpaired) electrons. The summed E-state index contributed by atoms with van der Waals surface area (Å²) in [6.45, 7) is 0. The maximum atomic E-state index is 3.59. The third-order valence-corrected chi connectivity index (χ3v) is 13.1. The van der Waals surface area contributed by atoms with Crippen molar-refractivity contribution >= 4 is 101 Å². The summed E-state index contributed by atoms with van der Waals surface area (Å²) in [5, 5.41) is 5.82. The zero-order valence-corrected chi connectivity index (χ0v) is 27.3. The lowest BCUT2D eigenvalue weighted by atomic mass is 10.3. The molecule has 0 amide bonds. The van der Waals surface area contributed by atoms with Crippen LogP contribution in [-0.4, -0.2) is 12.3 Å². The molecule has 0 aliphatic rings. The third-order valence-electron chi connectivity index (χ3n) is 5.82. The number of hydrogen-bond donors (Lipinski definition) is 0. The average Bonchev–Trinajstić information content (AvgIpc) is 2.87. The molecule has 0 bridgehead atoms. The Morgan fingerprint density at radius 1 is 0.343 bits per heavy atom. The summed E-state index contributed by atoms with van der Waals surface area (Å²) < 4.78 is 4.56. The molecule has 0 fully saturated rings. The van der Waals surface area contributed by atoms with Crippen LogP contribution in [0.25, 0.3) is 0 Å². The number of benzene rings is 4. The molecule has 4 aromatic carbocycles. The number of halogens is 4. The van der Waals surface area contributed by atoms with Crippen molar-refractivity contribution in [3.63, 3.8) is 0 Å². The molecule has 0 aromatic heterocycles. The Morgan fingerprint density at radius 3 is 0.800 bits per heavy atom. The molecule has 4 rings (SSSR count). The van der Waals surface area contributed by atoms with Crippen LogP contribution in [0.15, 0.2) is 115 Å². The highest BCUT2D eigenvalue weighted by atomic mass is 79.9. The largest absolute Gasteiger partial charge is 0.0531 e. The monoisotopic (exact) mass is 752 g/mol. The summed E-state index contributed by atoms with van der Waals surface area (Å²) in [6.07, 6.45) is 6.22. The van der Waals surface area contributed by atoms with Gasteiger partial charge in [0.1, 0.15) is 0 Å². The van der Waals surface area contributed by atoms with Gasteiger partial charge in [-0.05, 0) is 111 Å². The molecule has 180 valence electrons. The first-order chi connectivity index (χ1) is 17.0. The Labute approximate surface area is 245 Å². The lowest BCUT2D eigenvalue weighted by Gasteiger charge is -2.21. The van der Waals surface area contributed by atoms with Crippen molar-refractivity contribution in [2.75, 3.05) is 12.3 Å². The van der Waals surface area contributed by atoms with E-state index in [2.05, 4.69) is 161 Å². The van der Waals surface area contributed by atoms with Crippen molar-refractivity contribution in [2.24, 2.45) is 0 Å². The molecule has 0 heterocycles. The minimum absolute atomic E-state index is 0.349. The molecule has 0 saturated heterocycles. The first-order valence-electron chi connectivity index (χ1n) is 11.6. The predicted octanol–water partition coefficient (Wildman–Crippen LogP) is 9.47. The molecule has 0 unspecified atom stereocenters. The number of hydrogen-bond acceptors (Lipinski definition) is 0. The first-order valence-corrected chi connectivity index (χ1v) is 17.8. The first kappa shape index (κ1) is 27.7. The van der Waals surface area contributed by atoms with Crippen LogP contribution < -0.4 is 21.2 Å². The van der Waals surface area contributed by atoms with Crippen LogP contribution in [0.2, 0.25) is 0 Å². The van der Waals surface area contributed by atoms with Gasteiger partial charge in [0, 0.05) is 17.9 Å². The molecule has 0 spiro atoms. The van der Waals surface area contributed by atoms with E-state index in [1.165, 1.54) is 52.8 Å². The second-order valence-electron chi connectivity index (χ2n) is 8.27. The van der Waals surface area contributed by atoms with Crippen LogP contribution >= 0.6 is 79.6 Å². The van der Waals surface area contributed by atoms with E-state index in [1.54, 1.807) is 0 Å². The topological polar surface area (TPSA) is 0 Å². The normalized spacial score (nSPS) is 11.4. The SMILES string of the molecule is Brc1ccc(P(CCCCCP(c2ccc(Br)cc2)c2ccc(Br)cc2)c2ccc(Br)cc2)cc1. The minimum Gasteiger partial charge on any atom is -0.0531 e. The molecule has 6 heteroatoms. The van der Waals surface area contributed by atoms with Crippen molar-refractivity contribution in [1.82, 2.24) is 0 Å². The fraction of sp³-hybridized carbons (Fsp3) is 0.172. The summed E-state index contributed by atoms with van der Waals surface area (Å²) >= 11 is 14.4. The van der Waals surface area contributed by atoms with Gasteiger partial charge >= 0.3 is 0 Å². The number of rotatable bonds is 10. The van der Waals surface area contributed by atoms with E-state index >= 15 is 0 Å². The van der Waals surface area contributed by atoms with Gasteiger partial charge in [0.15, 0.2) is 0 Å². The van der Waals surface area contributed by atoms with Crippen molar-refractivity contribution in [1.29, 1.82) is 0 Å².